The lowest BCUT2D eigenvalue weighted by atomic mass is 10.1. The Morgan fingerprint density at radius 2 is 1.54 bits per heavy atom. The van der Waals surface area contributed by atoms with Crippen molar-refractivity contribution >= 4 is 21.8 Å². The molecule has 2 nitrogen and oxygen atoms in total. The van der Waals surface area contributed by atoms with Gasteiger partial charge in [-0.2, -0.15) is 0 Å². The van der Waals surface area contributed by atoms with Crippen LogP contribution in [0.1, 0.15) is 25.5 Å². The van der Waals surface area contributed by atoms with Gasteiger partial charge in [0, 0.05) is 28.4 Å². The Hall–Kier alpha value is -2.74. The van der Waals surface area contributed by atoms with Crippen molar-refractivity contribution in [2.75, 3.05) is 0 Å². The van der Waals surface area contributed by atoms with E-state index in [-0.39, 0.29) is 6.10 Å². The second-order valence-corrected chi connectivity index (χ2v) is 6.11. The first-order chi connectivity index (χ1) is 11.8. The van der Waals surface area contributed by atoms with Gasteiger partial charge in [0.15, 0.2) is 0 Å². The van der Waals surface area contributed by atoms with Crippen LogP contribution in [0.4, 0.5) is 0 Å². The first kappa shape index (κ1) is 14.8. The molecule has 4 aromatic rings. The summed E-state index contributed by atoms with van der Waals surface area (Å²) in [7, 11) is 0. The van der Waals surface area contributed by atoms with Gasteiger partial charge in [-0.1, -0.05) is 42.5 Å². The first-order valence-electron chi connectivity index (χ1n) is 8.50. The quantitative estimate of drug-likeness (QED) is 0.453. The summed E-state index contributed by atoms with van der Waals surface area (Å²) in [5.41, 5.74) is 3.78. The predicted octanol–water partition coefficient (Wildman–Crippen LogP) is 5.95. The number of rotatable bonds is 4. The summed E-state index contributed by atoms with van der Waals surface area (Å²) in [6.07, 6.45) is 0.0144. The van der Waals surface area contributed by atoms with Crippen LogP contribution in [0.25, 0.3) is 21.8 Å². The molecule has 3 aromatic carbocycles. The molecule has 0 N–H and O–H groups in total. The molecule has 0 aliphatic rings. The number of hydrogen-bond donors (Lipinski definition) is 0. The van der Waals surface area contributed by atoms with E-state index < -0.39 is 0 Å². The minimum absolute atomic E-state index is 0.0144. The van der Waals surface area contributed by atoms with Gasteiger partial charge in [0.2, 0.25) is 0 Å². The average Bonchev–Trinajstić information content (AvgIpc) is 2.95. The van der Waals surface area contributed by atoms with Gasteiger partial charge < -0.3 is 9.30 Å². The Morgan fingerprint density at radius 3 is 2.33 bits per heavy atom. The number of aromatic nitrogens is 1. The topological polar surface area (TPSA) is 14.2 Å². The third-order valence-corrected chi connectivity index (χ3v) is 4.64. The van der Waals surface area contributed by atoms with E-state index in [4.69, 9.17) is 4.74 Å². The molecule has 0 spiro atoms. The molecule has 1 aromatic heterocycles. The van der Waals surface area contributed by atoms with Gasteiger partial charge >= 0.3 is 0 Å². The normalized spacial score (nSPS) is 12.6. The van der Waals surface area contributed by atoms with Gasteiger partial charge in [-0.15, -0.1) is 0 Å². The molecule has 0 aliphatic heterocycles. The van der Waals surface area contributed by atoms with Crippen LogP contribution in [-0.2, 0) is 6.54 Å². The molecule has 0 saturated heterocycles. The number of hydrogen-bond acceptors (Lipinski definition) is 1. The molecule has 0 saturated carbocycles. The van der Waals surface area contributed by atoms with Gasteiger partial charge in [-0.05, 0) is 49.7 Å². The second kappa shape index (κ2) is 6.04. The van der Waals surface area contributed by atoms with E-state index in [9.17, 15) is 0 Å². The van der Waals surface area contributed by atoms with Crippen molar-refractivity contribution in [1.82, 2.24) is 4.57 Å². The van der Waals surface area contributed by atoms with Crippen molar-refractivity contribution in [2.24, 2.45) is 0 Å². The Labute approximate surface area is 142 Å². The van der Waals surface area contributed by atoms with Crippen LogP contribution in [0, 0.1) is 0 Å². The lowest BCUT2D eigenvalue weighted by molar-refractivity contribution is 0.227. The van der Waals surface area contributed by atoms with E-state index in [2.05, 4.69) is 60.9 Å². The smallest absolute Gasteiger partial charge is 0.121 e. The molecule has 0 bridgehead atoms. The number of nitrogens with zero attached hydrogens (tertiary/aromatic N) is 1. The van der Waals surface area contributed by atoms with Gasteiger partial charge in [0.25, 0.3) is 0 Å². The maximum atomic E-state index is 6.09. The molecule has 4 rings (SSSR count). The monoisotopic (exact) mass is 315 g/mol. The minimum atomic E-state index is 0.0144. The highest BCUT2D eigenvalue weighted by Crippen LogP contribution is 2.32. The first-order valence-corrected chi connectivity index (χ1v) is 8.50. The zero-order chi connectivity index (χ0) is 16.5. The molecule has 0 fully saturated rings. The van der Waals surface area contributed by atoms with Crippen LogP contribution in [0.2, 0.25) is 0 Å². The number of benzene rings is 3. The Morgan fingerprint density at radius 1 is 0.833 bits per heavy atom. The van der Waals surface area contributed by atoms with Crippen LogP contribution in [0.3, 0.4) is 0 Å². The highest BCUT2D eigenvalue weighted by molar-refractivity contribution is 6.08. The van der Waals surface area contributed by atoms with E-state index in [1.807, 2.05) is 30.3 Å². The summed E-state index contributed by atoms with van der Waals surface area (Å²) in [6, 6.07) is 25.3. The summed E-state index contributed by atoms with van der Waals surface area (Å²) >= 11 is 0. The van der Waals surface area contributed by atoms with Crippen molar-refractivity contribution in [2.45, 2.75) is 26.5 Å². The molecular formula is C22H21NO. The van der Waals surface area contributed by atoms with Crippen LogP contribution in [-0.4, -0.2) is 4.57 Å². The molecule has 2 heteroatoms. The number of para-hydroxylation sites is 2. The van der Waals surface area contributed by atoms with Crippen LogP contribution < -0.4 is 4.74 Å². The molecular weight excluding hydrogens is 294 g/mol. The number of aryl methyl sites for hydroxylation is 1. The molecule has 0 radical (unpaired) electrons. The third-order valence-electron chi connectivity index (χ3n) is 4.64. The maximum Gasteiger partial charge on any atom is 0.121 e. The summed E-state index contributed by atoms with van der Waals surface area (Å²) in [5.74, 6) is 0.904. The minimum Gasteiger partial charge on any atom is -0.486 e. The Balaban J connectivity index is 1.79. The van der Waals surface area contributed by atoms with Gasteiger partial charge in [0.05, 0.1) is 0 Å². The summed E-state index contributed by atoms with van der Waals surface area (Å²) < 4.78 is 8.46. The highest BCUT2D eigenvalue weighted by Gasteiger charge is 2.13. The van der Waals surface area contributed by atoms with E-state index in [1.165, 1.54) is 27.4 Å². The van der Waals surface area contributed by atoms with Crippen LogP contribution >= 0.6 is 0 Å². The zero-order valence-corrected chi connectivity index (χ0v) is 14.1. The predicted molar refractivity (Wildman–Crippen MR) is 101 cm³/mol. The lowest BCUT2D eigenvalue weighted by Crippen LogP contribution is -2.03. The van der Waals surface area contributed by atoms with Gasteiger partial charge in [-0.25, -0.2) is 0 Å². The lowest BCUT2D eigenvalue weighted by Gasteiger charge is -2.15. The SMILES string of the molecule is CCn1c2ccccc2c2cc(C(C)Oc3ccccc3)ccc21. The van der Waals surface area contributed by atoms with E-state index in [0.717, 1.165) is 12.3 Å². The Bertz CT molecular complexity index is 985. The summed E-state index contributed by atoms with van der Waals surface area (Å²) in [5, 5.41) is 2.61. The fraction of sp³-hybridized carbons (Fsp3) is 0.182. The maximum absolute atomic E-state index is 6.09. The molecule has 0 amide bonds. The zero-order valence-electron chi connectivity index (χ0n) is 14.1. The van der Waals surface area contributed by atoms with Crippen LogP contribution in [0.5, 0.6) is 5.75 Å². The molecule has 1 unspecified atom stereocenters. The average molecular weight is 315 g/mol. The van der Waals surface area contributed by atoms with Crippen molar-refractivity contribution in [3.63, 3.8) is 0 Å². The second-order valence-electron chi connectivity index (χ2n) is 6.11. The molecule has 24 heavy (non-hydrogen) atoms. The van der Waals surface area contributed by atoms with Crippen molar-refractivity contribution < 1.29 is 4.74 Å². The van der Waals surface area contributed by atoms with Crippen molar-refractivity contribution in [3.8, 4) is 5.75 Å². The van der Waals surface area contributed by atoms with E-state index in [0.29, 0.717) is 0 Å². The largest absolute Gasteiger partial charge is 0.486 e. The molecule has 120 valence electrons. The number of ether oxygens (including phenoxy) is 1. The van der Waals surface area contributed by atoms with Crippen molar-refractivity contribution in [3.05, 3.63) is 78.4 Å². The standard InChI is InChI=1S/C22H21NO/c1-3-23-21-12-8-7-11-19(21)20-15-17(13-14-22(20)23)16(2)24-18-9-5-4-6-10-18/h4-16H,3H2,1-2H3. The molecule has 1 atom stereocenters. The summed E-state index contributed by atoms with van der Waals surface area (Å²) in [6.45, 7) is 5.27. The van der Waals surface area contributed by atoms with Crippen molar-refractivity contribution in [1.29, 1.82) is 0 Å². The van der Waals surface area contributed by atoms with E-state index in [1.54, 1.807) is 0 Å². The fourth-order valence-corrected chi connectivity index (χ4v) is 3.44. The molecule has 0 aliphatic carbocycles. The van der Waals surface area contributed by atoms with Crippen LogP contribution in [0.15, 0.2) is 72.8 Å². The van der Waals surface area contributed by atoms with E-state index >= 15 is 0 Å². The van der Waals surface area contributed by atoms with Gasteiger partial charge in [-0.3, -0.25) is 0 Å². The number of fused-ring (bicyclic) bond motifs is 3. The Kier molecular flexibility index (Phi) is 3.73. The summed E-state index contributed by atoms with van der Waals surface area (Å²) in [4.78, 5) is 0. The molecule has 1 heterocycles. The fourth-order valence-electron chi connectivity index (χ4n) is 3.44. The van der Waals surface area contributed by atoms with Gasteiger partial charge in [0.1, 0.15) is 11.9 Å². The third kappa shape index (κ3) is 2.44. The highest BCUT2D eigenvalue weighted by atomic mass is 16.5.